The molecule has 0 spiro atoms. The summed E-state index contributed by atoms with van der Waals surface area (Å²) in [6, 6.07) is 13.8. The van der Waals surface area contributed by atoms with Crippen LogP contribution in [0, 0.1) is 0 Å². The Morgan fingerprint density at radius 3 is 2.16 bits per heavy atom. The average molecular weight is 616 g/mol. The molecule has 0 aliphatic carbocycles. The smallest absolute Gasteiger partial charge is 0.338 e. The number of rotatable bonds is 11. The summed E-state index contributed by atoms with van der Waals surface area (Å²) in [7, 11) is 0. The summed E-state index contributed by atoms with van der Waals surface area (Å²) in [4.78, 5) is 37.8. The zero-order chi connectivity index (χ0) is 27.8. The molecule has 3 N–H and O–H groups in total. The number of carbonyl (C=O) groups is 3. The number of hydrogen-bond donors (Lipinski definition) is 3. The molecule has 38 heavy (non-hydrogen) atoms. The number of carboxylic acid groups (broad SMARTS) is 1. The number of ether oxygens (including phenoxy) is 1. The monoisotopic (exact) mass is 614 g/mol. The fraction of sp³-hybridized carbons (Fsp3) is 0.192. The number of thioether (sulfide) groups is 1. The van der Waals surface area contributed by atoms with Gasteiger partial charge in [0.2, 0.25) is 5.91 Å². The van der Waals surface area contributed by atoms with E-state index in [2.05, 4.69) is 17.6 Å². The largest absolute Gasteiger partial charge is 0.494 e. The fourth-order valence-electron chi connectivity index (χ4n) is 3.22. The summed E-state index contributed by atoms with van der Waals surface area (Å²) in [5.74, 6) is -1.69. The van der Waals surface area contributed by atoms with Crippen molar-refractivity contribution >= 4 is 87.3 Å². The topological polar surface area (TPSA) is 105 Å². The Kier molecular flexibility index (Phi) is 11.0. The highest BCUT2D eigenvalue weighted by atomic mass is 35.5. The van der Waals surface area contributed by atoms with E-state index in [1.54, 1.807) is 48.5 Å². The van der Waals surface area contributed by atoms with E-state index in [0.717, 1.165) is 18.6 Å². The van der Waals surface area contributed by atoms with Gasteiger partial charge in [0.05, 0.1) is 43.6 Å². The number of carbonyl (C=O) groups excluding carboxylic acids is 2. The molecule has 0 aromatic heterocycles. The predicted molar refractivity (Wildman–Crippen MR) is 154 cm³/mol. The van der Waals surface area contributed by atoms with Crippen LogP contribution in [-0.2, 0) is 4.79 Å². The molecular formula is C26H22Cl4N2O5S. The molecular weight excluding hydrogens is 594 g/mol. The number of nitrogens with one attached hydrogen (secondary N) is 2. The minimum atomic E-state index is -1.49. The number of benzene rings is 3. The maximum absolute atomic E-state index is 13.0. The van der Waals surface area contributed by atoms with E-state index in [1.807, 2.05) is 0 Å². The quantitative estimate of drug-likeness (QED) is 0.0870. The van der Waals surface area contributed by atoms with Gasteiger partial charge in [-0.25, -0.2) is 4.79 Å². The van der Waals surface area contributed by atoms with Crippen LogP contribution in [0.1, 0.15) is 40.5 Å². The Labute approximate surface area is 243 Å². The van der Waals surface area contributed by atoms with Crippen molar-refractivity contribution in [3.8, 4) is 5.75 Å². The predicted octanol–water partition coefficient (Wildman–Crippen LogP) is 8.16. The molecule has 0 bridgehead atoms. The minimum Gasteiger partial charge on any atom is -0.494 e. The van der Waals surface area contributed by atoms with Crippen LogP contribution in [0.5, 0.6) is 5.75 Å². The molecule has 200 valence electrons. The lowest BCUT2D eigenvalue weighted by Gasteiger charge is -2.14. The minimum absolute atomic E-state index is 0.115. The van der Waals surface area contributed by atoms with Crippen molar-refractivity contribution in [2.45, 2.75) is 24.7 Å². The SMILES string of the molecule is CCCCOc1ccc(NC(=O)CSc2cccc(NC(=O)c3c(Cl)c(Cl)c(Cl)c(Cl)c3C(=O)O)c2)cc1. The number of unbranched alkanes of at least 4 members (excludes halogenated alkanes) is 1. The van der Waals surface area contributed by atoms with E-state index in [9.17, 15) is 19.5 Å². The van der Waals surface area contributed by atoms with E-state index in [-0.39, 0.29) is 26.7 Å². The maximum Gasteiger partial charge on any atom is 0.338 e. The number of carboxylic acids is 1. The lowest BCUT2D eigenvalue weighted by atomic mass is 10.1. The van der Waals surface area contributed by atoms with Crippen molar-refractivity contribution in [2.24, 2.45) is 0 Å². The molecule has 12 heteroatoms. The van der Waals surface area contributed by atoms with Crippen LogP contribution >= 0.6 is 58.2 Å². The van der Waals surface area contributed by atoms with E-state index in [0.29, 0.717) is 22.9 Å². The average Bonchev–Trinajstić information content (AvgIpc) is 2.89. The molecule has 0 atom stereocenters. The summed E-state index contributed by atoms with van der Waals surface area (Å²) in [6.45, 7) is 2.74. The first-order valence-electron chi connectivity index (χ1n) is 11.3. The molecule has 0 aliphatic heterocycles. The van der Waals surface area contributed by atoms with E-state index in [4.69, 9.17) is 51.1 Å². The fourth-order valence-corrected chi connectivity index (χ4v) is 4.99. The van der Waals surface area contributed by atoms with Crippen LogP contribution in [-0.4, -0.2) is 35.2 Å². The van der Waals surface area contributed by atoms with Gasteiger partial charge in [-0.05, 0) is 48.9 Å². The molecule has 3 aromatic rings. The van der Waals surface area contributed by atoms with E-state index in [1.165, 1.54) is 11.8 Å². The van der Waals surface area contributed by atoms with Gasteiger partial charge < -0.3 is 20.5 Å². The van der Waals surface area contributed by atoms with Crippen molar-refractivity contribution in [2.75, 3.05) is 23.0 Å². The molecule has 3 rings (SSSR count). The summed E-state index contributed by atoms with van der Waals surface area (Å²) < 4.78 is 5.62. The molecule has 0 unspecified atom stereocenters. The van der Waals surface area contributed by atoms with Gasteiger partial charge in [0.25, 0.3) is 5.91 Å². The van der Waals surface area contributed by atoms with Crippen LogP contribution < -0.4 is 15.4 Å². The highest BCUT2D eigenvalue weighted by Crippen LogP contribution is 2.42. The van der Waals surface area contributed by atoms with Crippen molar-refractivity contribution < 1.29 is 24.2 Å². The van der Waals surface area contributed by atoms with Gasteiger partial charge in [-0.2, -0.15) is 0 Å². The third-order valence-corrected chi connectivity index (χ3v) is 7.87. The molecule has 0 aliphatic rings. The van der Waals surface area contributed by atoms with Gasteiger partial charge in [0.15, 0.2) is 0 Å². The van der Waals surface area contributed by atoms with Gasteiger partial charge >= 0.3 is 5.97 Å². The second-order valence-corrected chi connectivity index (χ2v) is 10.4. The van der Waals surface area contributed by atoms with Crippen molar-refractivity contribution in [3.63, 3.8) is 0 Å². The van der Waals surface area contributed by atoms with E-state index < -0.39 is 28.0 Å². The van der Waals surface area contributed by atoms with Crippen LogP contribution in [0.3, 0.4) is 0 Å². The van der Waals surface area contributed by atoms with Crippen molar-refractivity contribution in [1.82, 2.24) is 0 Å². The van der Waals surface area contributed by atoms with Crippen LogP contribution in [0.4, 0.5) is 11.4 Å². The molecule has 7 nitrogen and oxygen atoms in total. The van der Waals surface area contributed by atoms with Crippen molar-refractivity contribution in [3.05, 3.63) is 79.7 Å². The van der Waals surface area contributed by atoms with Gasteiger partial charge in [0, 0.05) is 16.3 Å². The van der Waals surface area contributed by atoms with E-state index >= 15 is 0 Å². The Bertz CT molecular complexity index is 1350. The molecule has 0 heterocycles. The number of amides is 2. The Balaban J connectivity index is 1.64. The summed E-state index contributed by atoms with van der Waals surface area (Å²) in [6.07, 6.45) is 2.02. The molecule has 3 aromatic carbocycles. The third kappa shape index (κ3) is 7.71. The molecule has 0 radical (unpaired) electrons. The second-order valence-electron chi connectivity index (χ2n) is 7.86. The van der Waals surface area contributed by atoms with Gasteiger partial charge in [-0.15, -0.1) is 11.8 Å². The summed E-state index contributed by atoms with van der Waals surface area (Å²) in [5.41, 5.74) is 0.00336. The van der Waals surface area contributed by atoms with Gasteiger partial charge in [-0.3, -0.25) is 9.59 Å². The van der Waals surface area contributed by atoms with Crippen LogP contribution in [0.15, 0.2) is 53.4 Å². The van der Waals surface area contributed by atoms with Crippen LogP contribution in [0.2, 0.25) is 20.1 Å². The lowest BCUT2D eigenvalue weighted by molar-refractivity contribution is -0.113. The maximum atomic E-state index is 13.0. The molecule has 0 saturated heterocycles. The summed E-state index contributed by atoms with van der Waals surface area (Å²) >= 11 is 25.4. The van der Waals surface area contributed by atoms with Gasteiger partial charge in [-0.1, -0.05) is 65.8 Å². The highest BCUT2D eigenvalue weighted by Gasteiger charge is 2.29. The second kappa shape index (κ2) is 14.0. The Hall–Kier alpha value is -2.62. The number of hydrogen-bond acceptors (Lipinski definition) is 5. The first-order valence-corrected chi connectivity index (χ1v) is 13.8. The molecule has 0 fully saturated rings. The third-order valence-electron chi connectivity index (χ3n) is 5.07. The van der Waals surface area contributed by atoms with Crippen LogP contribution in [0.25, 0.3) is 0 Å². The highest BCUT2D eigenvalue weighted by molar-refractivity contribution is 8.00. The molecule has 0 saturated carbocycles. The zero-order valence-electron chi connectivity index (χ0n) is 19.9. The number of aromatic carboxylic acids is 1. The number of halogens is 4. The van der Waals surface area contributed by atoms with Gasteiger partial charge in [0.1, 0.15) is 5.75 Å². The molecule has 2 amide bonds. The lowest BCUT2D eigenvalue weighted by Crippen LogP contribution is -2.18. The Morgan fingerprint density at radius 1 is 0.868 bits per heavy atom. The first-order chi connectivity index (χ1) is 18.1. The zero-order valence-corrected chi connectivity index (χ0v) is 23.8. The van der Waals surface area contributed by atoms with Crippen molar-refractivity contribution in [1.29, 1.82) is 0 Å². The first kappa shape index (κ1) is 29.9. The number of anilines is 2. The Morgan fingerprint density at radius 2 is 1.53 bits per heavy atom. The standard InChI is InChI=1S/C26H22Cl4N2O5S/c1-2-3-11-37-16-9-7-14(8-10-16)31-18(33)13-38-17-6-4-5-15(12-17)32-25(34)19-20(26(35)36)22(28)24(30)23(29)21(19)27/h4-10,12H,2-3,11,13H2,1H3,(H,31,33)(H,32,34)(H,35,36). The summed E-state index contributed by atoms with van der Waals surface area (Å²) in [5, 5.41) is 13.7. The normalized spacial score (nSPS) is 10.7.